The summed E-state index contributed by atoms with van der Waals surface area (Å²) in [4.78, 5) is 0. The van der Waals surface area contributed by atoms with Crippen LogP contribution in [0.5, 0.6) is 0 Å². The van der Waals surface area contributed by atoms with Crippen LogP contribution >= 0.6 is 0 Å². The third-order valence-corrected chi connectivity index (χ3v) is 3.99. The maximum Gasteiger partial charge on any atom is 0.206 e. The number of hydrogen-bond donors (Lipinski definition) is 2. The van der Waals surface area contributed by atoms with Crippen molar-refractivity contribution in [2.45, 2.75) is 12.5 Å². The molecule has 0 radical (unpaired) electrons. The number of para-hydroxylation sites is 1. The number of fused-ring (bicyclic) bond motifs is 1. The Morgan fingerprint density at radius 1 is 1.08 bits per heavy atom. The van der Waals surface area contributed by atoms with Crippen molar-refractivity contribution >= 4 is 17.0 Å². The minimum absolute atomic E-state index is 0.230. The van der Waals surface area contributed by atoms with Crippen LogP contribution in [-0.2, 0) is 6.42 Å². The van der Waals surface area contributed by atoms with Crippen LogP contribution < -0.4 is 0 Å². The van der Waals surface area contributed by atoms with Gasteiger partial charge in [-0.05, 0) is 17.7 Å². The lowest BCUT2D eigenvalue weighted by Gasteiger charge is -2.01. The lowest BCUT2D eigenvalue weighted by atomic mass is 10.0. The molecule has 0 fully saturated rings. The number of aromatic amines is 1. The monoisotopic (exact) mass is 332 g/mol. The average Bonchev–Trinajstić information content (AvgIpc) is 3.29. The van der Waals surface area contributed by atoms with Crippen molar-refractivity contribution in [3.05, 3.63) is 83.4 Å². The Bertz CT molecular complexity index is 991. The standard InChI is InChI=1S/C19H16N4O2/c24-16(19-20-22-23-21-19)11-10-15-14-8-4-5-9-17(14)25-18(15)12-13-6-2-1-3-7-13/h1-11,16,24H,12H2,(H,20,21,22,23). The van der Waals surface area contributed by atoms with Gasteiger partial charge in [0, 0.05) is 17.4 Å². The molecule has 0 bridgehead atoms. The van der Waals surface area contributed by atoms with Gasteiger partial charge in [-0.25, -0.2) is 0 Å². The first-order valence-corrected chi connectivity index (χ1v) is 7.95. The Labute approximate surface area is 143 Å². The minimum atomic E-state index is -0.933. The van der Waals surface area contributed by atoms with Crippen LogP contribution in [-0.4, -0.2) is 25.7 Å². The lowest BCUT2D eigenvalue weighted by molar-refractivity contribution is 0.219. The van der Waals surface area contributed by atoms with Gasteiger partial charge in [0.2, 0.25) is 5.82 Å². The molecule has 0 saturated carbocycles. The predicted molar refractivity (Wildman–Crippen MR) is 93.6 cm³/mol. The molecule has 6 heteroatoms. The largest absolute Gasteiger partial charge is 0.460 e. The second-order valence-corrected chi connectivity index (χ2v) is 5.67. The first kappa shape index (κ1) is 15.3. The molecule has 124 valence electrons. The van der Waals surface area contributed by atoms with E-state index >= 15 is 0 Å². The Kier molecular flexibility index (Phi) is 4.10. The number of furan rings is 1. The number of nitrogens with zero attached hydrogens (tertiary/aromatic N) is 3. The van der Waals surface area contributed by atoms with Crippen molar-refractivity contribution in [1.82, 2.24) is 20.6 Å². The molecule has 2 N–H and O–H groups in total. The van der Waals surface area contributed by atoms with Crippen molar-refractivity contribution in [2.75, 3.05) is 0 Å². The fraction of sp³-hybridized carbons (Fsp3) is 0.105. The van der Waals surface area contributed by atoms with E-state index < -0.39 is 6.10 Å². The highest BCUT2D eigenvalue weighted by Gasteiger charge is 2.14. The molecule has 0 saturated heterocycles. The number of aliphatic hydroxyl groups excluding tert-OH is 1. The van der Waals surface area contributed by atoms with Crippen molar-refractivity contribution in [3.8, 4) is 0 Å². The Morgan fingerprint density at radius 3 is 2.68 bits per heavy atom. The zero-order chi connectivity index (χ0) is 17.1. The normalized spacial score (nSPS) is 12.8. The van der Waals surface area contributed by atoms with Crippen LogP contribution in [0.3, 0.4) is 0 Å². The Morgan fingerprint density at radius 2 is 1.88 bits per heavy atom. The van der Waals surface area contributed by atoms with Gasteiger partial charge in [0.05, 0.1) is 0 Å². The number of tetrazole rings is 1. The van der Waals surface area contributed by atoms with Gasteiger partial charge >= 0.3 is 0 Å². The highest BCUT2D eigenvalue weighted by atomic mass is 16.3. The average molecular weight is 332 g/mol. The maximum atomic E-state index is 10.2. The summed E-state index contributed by atoms with van der Waals surface area (Å²) < 4.78 is 6.04. The van der Waals surface area contributed by atoms with E-state index in [1.807, 2.05) is 48.5 Å². The molecular weight excluding hydrogens is 316 g/mol. The number of rotatable bonds is 5. The van der Waals surface area contributed by atoms with E-state index in [0.717, 1.165) is 27.9 Å². The number of aliphatic hydroxyl groups is 1. The molecule has 0 amide bonds. The van der Waals surface area contributed by atoms with Crippen LogP contribution in [0, 0.1) is 0 Å². The molecule has 0 aliphatic rings. The van der Waals surface area contributed by atoms with Crippen LogP contribution in [0.4, 0.5) is 0 Å². The van der Waals surface area contributed by atoms with Crippen molar-refractivity contribution in [3.63, 3.8) is 0 Å². The highest BCUT2D eigenvalue weighted by Crippen LogP contribution is 2.29. The van der Waals surface area contributed by atoms with E-state index in [2.05, 4.69) is 32.8 Å². The Hall–Kier alpha value is -3.25. The summed E-state index contributed by atoms with van der Waals surface area (Å²) in [5.74, 6) is 1.08. The fourth-order valence-electron chi connectivity index (χ4n) is 2.78. The number of benzene rings is 2. The summed E-state index contributed by atoms with van der Waals surface area (Å²) in [5, 5.41) is 24.6. The molecule has 4 aromatic rings. The van der Waals surface area contributed by atoms with E-state index in [0.29, 0.717) is 6.42 Å². The molecule has 2 heterocycles. The topological polar surface area (TPSA) is 87.8 Å². The van der Waals surface area contributed by atoms with Gasteiger partial charge in [0.15, 0.2) is 0 Å². The van der Waals surface area contributed by atoms with Gasteiger partial charge in [0.25, 0.3) is 0 Å². The summed E-state index contributed by atoms with van der Waals surface area (Å²) in [6.07, 6.45) is 3.23. The second kappa shape index (κ2) is 6.70. The first-order valence-electron chi connectivity index (χ1n) is 7.95. The predicted octanol–water partition coefficient (Wildman–Crippen LogP) is 3.28. The van der Waals surface area contributed by atoms with Crippen molar-refractivity contribution < 1.29 is 9.52 Å². The molecule has 6 nitrogen and oxygen atoms in total. The zero-order valence-electron chi connectivity index (χ0n) is 13.3. The summed E-state index contributed by atoms with van der Waals surface area (Å²) in [5.41, 5.74) is 2.93. The van der Waals surface area contributed by atoms with Crippen molar-refractivity contribution in [1.29, 1.82) is 0 Å². The number of aromatic nitrogens is 4. The van der Waals surface area contributed by atoms with Crippen LogP contribution in [0.15, 0.2) is 65.1 Å². The smallest absolute Gasteiger partial charge is 0.206 e. The molecular formula is C19H16N4O2. The molecule has 25 heavy (non-hydrogen) atoms. The Balaban J connectivity index is 1.71. The SMILES string of the molecule is OC(C=Cc1c(Cc2ccccc2)oc2ccccc12)c1nn[nH]n1. The molecule has 1 unspecified atom stereocenters. The molecule has 2 aromatic carbocycles. The van der Waals surface area contributed by atoms with Crippen molar-refractivity contribution in [2.24, 2.45) is 0 Å². The van der Waals surface area contributed by atoms with E-state index in [-0.39, 0.29) is 5.82 Å². The molecule has 0 spiro atoms. The van der Waals surface area contributed by atoms with E-state index in [4.69, 9.17) is 4.42 Å². The van der Waals surface area contributed by atoms with Gasteiger partial charge < -0.3 is 9.52 Å². The molecule has 2 aromatic heterocycles. The van der Waals surface area contributed by atoms with Crippen LogP contribution in [0.1, 0.15) is 28.8 Å². The van der Waals surface area contributed by atoms with E-state index in [1.54, 1.807) is 6.08 Å². The lowest BCUT2D eigenvalue weighted by Crippen LogP contribution is -1.96. The summed E-state index contributed by atoms with van der Waals surface area (Å²) in [7, 11) is 0. The number of hydrogen-bond acceptors (Lipinski definition) is 5. The van der Waals surface area contributed by atoms with Gasteiger partial charge in [0.1, 0.15) is 17.4 Å². The molecule has 0 aliphatic heterocycles. The summed E-state index contributed by atoms with van der Waals surface area (Å²) >= 11 is 0. The van der Waals surface area contributed by atoms with Gasteiger partial charge in [-0.15, -0.1) is 10.2 Å². The second-order valence-electron chi connectivity index (χ2n) is 5.67. The number of H-pyrrole nitrogens is 1. The third-order valence-electron chi connectivity index (χ3n) is 3.99. The van der Waals surface area contributed by atoms with Crippen LogP contribution in [0.25, 0.3) is 17.0 Å². The van der Waals surface area contributed by atoms with E-state index in [9.17, 15) is 5.11 Å². The third kappa shape index (κ3) is 3.20. The zero-order valence-corrected chi connectivity index (χ0v) is 13.3. The first-order chi connectivity index (χ1) is 12.3. The maximum absolute atomic E-state index is 10.2. The molecule has 1 atom stereocenters. The highest BCUT2D eigenvalue weighted by molar-refractivity contribution is 5.88. The van der Waals surface area contributed by atoms with Gasteiger partial charge in [-0.2, -0.15) is 5.21 Å². The molecule has 4 rings (SSSR count). The van der Waals surface area contributed by atoms with E-state index in [1.165, 1.54) is 0 Å². The molecule has 0 aliphatic carbocycles. The quantitative estimate of drug-likeness (QED) is 0.585. The van der Waals surface area contributed by atoms with Crippen LogP contribution in [0.2, 0.25) is 0 Å². The van der Waals surface area contributed by atoms with Gasteiger partial charge in [-0.1, -0.05) is 59.8 Å². The summed E-state index contributed by atoms with van der Waals surface area (Å²) in [6.45, 7) is 0. The fourth-order valence-corrected chi connectivity index (χ4v) is 2.78. The minimum Gasteiger partial charge on any atom is -0.460 e. The van der Waals surface area contributed by atoms with Gasteiger partial charge in [-0.3, -0.25) is 0 Å². The number of nitrogens with one attached hydrogen (secondary N) is 1. The summed E-state index contributed by atoms with van der Waals surface area (Å²) in [6, 6.07) is 18.0.